The van der Waals surface area contributed by atoms with Crippen LogP contribution in [-0.4, -0.2) is 37.2 Å². The van der Waals surface area contributed by atoms with Gasteiger partial charge in [-0.3, -0.25) is 14.3 Å². The molecule has 98 valence electrons. The first-order valence-corrected chi connectivity index (χ1v) is 5.06. The molecule has 1 aliphatic heterocycles. The molecule has 1 saturated heterocycles. The Kier molecular flexibility index (Phi) is 4.47. The van der Waals surface area contributed by atoms with Gasteiger partial charge in [-0.05, 0) is 12.8 Å². The number of Topliss-reactive ketones (excluding diaryl/α,β-unsaturated/α-hetero) is 1. The van der Waals surface area contributed by atoms with Crippen molar-refractivity contribution in [2.24, 2.45) is 11.7 Å². The summed E-state index contributed by atoms with van der Waals surface area (Å²) in [4.78, 5) is 22.4. The Morgan fingerprint density at radius 3 is 2.71 bits per heavy atom. The topological polar surface area (TPSA) is 81.4 Å². The van der Waals surface area contributed by atoms with Gasteiger partial charge >= 0.3 is 6.36 Å². The molecular formula is C9H13F3N2O3. The molecular weight excluding hydrogens is 241 g/mol. The van der Waals surface area contributed by atoms with E-state index in [1.54, 1.807) is 0 Å². The fourth-order valence-electron chi connectivity index (χ4n) is 1.57. The zero-order valence-electron chi connectivity index (χ0n) is 8.92. The van der Waals surface area contributed by atoms with Crippen molar-refractivity contribution in [3.8, 4) is 0 Å². The molecule has 17 heavy (non-hydrogen) atoms. The van der Waals surface area contributed by atoms with Crippen molar-refractivity contribution in [2.75, 3.05) is 13.2 Å². The van der Waals surface area contributed by atoms with Gasteiger partial charge in [-0.1, -0.05) is 0 Å². The van der Waals surface area contributed by atoms with E-state index in [-0.39, 0.29) is 12.3 Å². The van der Waals surface area contributed by atoms with Crippen LogP contribution < -0.4 is 11.1 Å². The fourth-order valence-corrected chi connectivity index (χ4v) is 1.57. The van der Waals surface area contributed by atoms with E-state index in [9.17, 15) is 22.8 Å². The van der Waals surface area contributed by atoms with Crippen molar-refractivity contribution in [1.82, 2.24) is 5.32 Å². The lowest BCUT2D eigenvalue weighted by Gasteiger charge is -2.14. The predicted octanol–water partition coefficient (Wildman–Crippen LogP) is -0.0546. The van der Waals surface area contributed by atoms with Crippen LogP contribution in [0.25, 0.3) is 0 Å². The van der Waals surface area contributed by atoms with Gasteiger partial charge in [0.25, 0.3) is 0 Å². The molecule has 1 aliphatic rings. The SMILES string of the molecule is N[C@@H](C[C@@H]1CCNC1=O)C(=O)COC(F)(F)F. The number of hydrogen-bond donors (Lipinski definition) is 2. The Labute approximate surface area is 95.5 Å². The second-order valence-electron chi connectivity index (χ2n) is 3.82. The van der Waals surface area contributed by atoms with E-state index in [1.165, 1.54) is 0 Å². The van der Waals surface area contributed by atoms with Crippen LogP contribution in [0.3, 0.4) is 0 Å². The highest BCUT2D eigenvalue weighted by Gasteiger charge is 2.33. The highest BCUT2D eigenvalue weighted by Crippen LogP contribution is 2.18. The number of nitrogens with two attached hydrogens (primary N) is 1. The van der Waals surface area contributed by atoms with Gasteiger partial charge in [0.15, 0.2) is 5.78 Å². The van der Waals surface area contributed by atoms with Gasteiger partial charge in [-0.25, -0.2) is 0 Å². The monoisotopic (exact) mass is 254 g/mol. The first-order chi connectivity index (χ1) is 7.79. The van der Waals surface area contributed by atoms with E-state index < -0.39 is 30.7 Å². The van der Waals surface area contributed by atoms with Crippen LogP contribution in [0.1, 0.15) is 12.8 Å². The zero-order valence-corrected chi connectivity index (χ0v) is 8.92. The first-order valence-electron chi connectivity index (χ1n) is 5.06. The Balaban J connectivity index is 2.34. The third kappa shape index (κ3) is 4.70. The molecule has 1 amide bonds. The van der Waals surface area contributed by atoms with Gasteiger partial charge in [0.2, 0.25) is 5.91 Å². The average Bonchev–Trinajstić information content (AvgIpc) is 2.59. The van der Waals surface area contributed by atoms with Crippen molar-refractivity contribution in [1.29, 1.82) is 0 Å². The number of alkyl halides is 3. The van der Waals surface area contributed by atoms with Gasteiger partial charge < -0.3 is 11.1 Å². The van der Waals surface area contributed by atoms with Crippen LogP contribution >= 0.6 is 0 Å². The number of carbonyl (C=O) groups is 2. The number of hydrogen-bond acceptors (Lipinski definition) is 4. The van der Waals surface area contributed by atoms with E-state index >= 15 is 0 Å². The second kappa shape index (κ2) is 5.46. The van der Waals surface area contributed by atoms with E-state index in [2.05, 4.69) is 10.1 Å². The molecule has 1 rings (SSSR count). The number of ether oxygens (including phenoxy) is 1. The molecule has 0 aromatic rings. The standard InChI is InChI=1S/C9H13F3N2O3/c10-9(11,12)17-4-7(15)6(13)3-5-1-2-14-8(5)16/h5-6H,1-4,13H2,(H,14,16)/t5-,6-/m0/s1. The molecule has 0 aromatic heterocycles. The van der Waals surface area contributed by atoms with Crippen molar-refractivity contribution in [3.05, 3.63) is 0 Å². The molecule has 3 N–H and O–H groups in total. The summed E-state index contributed by atoms with van der Waals surface area (Å²) in [7, 11) is 0. The normalized spacial score (nSPS) is 22.4. The number of nitrogens with one attached hydrogen (secondary N) is 1. The zero-order chi connectivity index (χ0) is 13.1. The lowest BCUT2D eigenvalue weighted by atomic mass is 9.97. The van der Waals surface area contributed by atoms with Crippen LogP contribution in [0.4, 0.5) is 13.2 Å². The van der Waals surface area contributed by atoms with Gasteiger partial charge in [0, 0.05) is 12.5 Å². The van der Waals surface area contributed by atoms with E-state index in [0.717, 1.165) is 0 Å². The highest BCUT2D eigenvalue weighted by atomic mass is 19.4. The maximum Gasteiger partial charge on any atom is 0.522 e. The van der Waals surface area contributed by atoms with Gasteiger partial charge in [-0.15, -0.1) is 13.2 Å². The van der Waals surface area contributed by atoms with Crippen LogP contribution in [0.5, 0.6) is 0 Å². The molecule has 0 aliphatic carbocycles. The van der Waals surface area contributed by atoms with E-state index in [1.807, 2.05) is 0 Å². The maximum absolute atomic E-state index is 11.7. The first kappa shape index (κ1) is 13.9. The van der Waals surface area contributed by atoms with Crippen molar-refractivity contribution < 1.29 is 27.5 Å². The van der Waals surface area contributed by atoms with E-state index in [0.29, 0.717) is 13.0 Å². The third-order valence-electron chi connectivity index (χ3n) is 2.49. The molecule has 0 aromatic carbocycles. The van der Waals surface area contributed by atoms with Crippen molar-refractivity contribution in [3.63, 3.8) is 0 Å². The molecule has 1 fully saturated rings. The predicted molar refractivity (Wildman–Crippen MR) is 50.7 cm³/mol. The number of ketones is 1. The van der Waals surface area contributed by atoms with Gasteiger partial charge in [-0.2, -0.15) is 0 Å². The lowest BCUT2D eigenvalue weighted by Crippen LogP contribution is -2.38. The number of amides is 1. The number of halogens is 3. The molecule has 0 bridgehead atoms. The molecule has 2 atom stereocenters. The summed E-state index contributed by atoms with van der Waals surface area (Å²) in [6.45, 7) is -0.609. The summed E-state index contributed by atoms with van der Waals surface area (Å²) in [5.41, 5.74) is 5.41. The quantitative estimate of drug-likeness (QED) is 0.720. The molecule has 0 spiro atoms. The van der Waals surface area contributed by atoms with Crippen LogP contribution in [0.2, 0.25) is 0 Å². The second-order valence-corrected chi connectivity index (χ2v) is 3.82. The smallest absolute Gasteiger partial charge is 0.356 e. The summed E-state index contributed by atoms with van der Waals surface area (Å²) < 4.78 is 38.4. The molecule has 5 nitrogen and oxygen atoms in total. The molecule has 8 heteroatoms. The number of rotatable bonds is 5. The molecule has 0 saturated carbocycles. The lowest BCUT2D eigenvalue weighted by molar-refractivity contribution is -0.320. The summed E-state index contributed by atoms with van der Waals surface area (Å²) in [5.74, 6) is -1.48. The van der Waals surface area contributed by atoms with E-state index in [4.69, 9.17) is 5.73 Å². The van der Waals surface area contributed by atoms with Gasteiger partial charge in [0.05, 0.1) is 6.04 Å². The van der Waals surface area contributed by atoms with Crippen molar-refractivity contribution >= 4 is 11.7 Å². The molecule has 1 heterocycles. The minimum Gasteiger partial charge on any atom is -0.356 e. The Bertz CT molecular complexity index is 306. The highest BCUT2D eigenvalue weighted by molar-refractivity contribution is 5.86. The summed E-state index contributed by atoms with van der Waals surface area (Å²) in [6, 6.07) is -1.11. The van der Waals surface area contributed by atoms with Crippen molar-refractivity contribution in [2.45, 2.75) is 25.2 Å². The van der Waals surface area contributed by atoms with Crippen LogP contribution in [0.15, 0.2) is 0 Å². The van der Waals surface area contributed by atoms with Crippen LogP contribution in [0, 0.1) is 5.92 Å². The van der Waals surface area contributed by atoms with Crippen LogP contribution in [-0.2, 0) is 14.3 Å². The summed E-state index contributed by atoms with van der Waals surface area (Å²) in [6.07, 6.45) is -4.26. The molecule has 0 unspecified atom stereocenters. The Hall–Kier alpha value is -1.15. The minimum atomic E-state index is -4.85. The molecule has 0 radical (unpaired) electrons. The Morgan fingerprint density at radius 1 is 1.59 bits per heavy atom. The largest absolute Gasteiger partial charge is 0.522 e. The minimum absolute atomic E-state index is 0.0475. The Morgan fingerprint density at radius 2 is 2.24 bits per heavy atom. The fraction of sp³-hybridized carbons (Fsp3) is 0.778. The average molecular weight is 254 g/mol. The number of carbonyl (C=O) groups excluding carboxylic acids is 2. The maximum atomic E-state index is 11.7. The van der Waals surface area contributed by atoms with Gasteiger partial charge in [0.1, 0.15) is 6.61 Å². The third-order valence-corrected chi connectivity index (χ3v) is 2.49. The summed E-state index contributed by atoms with van der Waals surface area (Å²) in [5, 5.41) is 2.55. The summed E-state index contributed by atoms with van der Waals surface area (Å²) >= 11 is 0.